The molecular formula is C14H19ClN2O3. The Morgan fingerprint density at radius 1 is 1.30 bits per heavy atom. The quantitative estimate of drug-likeness (QED) is 0.898. The van der Waals surface area contributed by atoms with E-state index in [2.05, 4.69) is 5.32 Å². The van der Waals surface area contributed by atoms with Crippen LogP contribution in [-0.4, -0.2) is 18.7 Å². The van der Waals surface area contributed by atoms with Gasteiger partial charge in [-0.1, -0.05) is 6.42 Å². The molecule has 3 N–H and O–H groups in total. The monoisotopic (exact) mass is 298 g/mol. The summed E-state index contributed by atoms with van der Waals surface area (Å²) in [7, 11) is 0. The van der Waals surface area contributed by atoms with E-state index in [-0.39, 0.29) is 31.1 Å². The number of anilines is 1. The van der Waals surface area contributed by atoms with Crippen LogP contribution in [0.4, 0.5) is 5.69 Å². The second-order valence-corrected chi connectivity index (χ2v) is 5.18. The molecule has 0 spiro atoms. The maximum Gasteiger partial charge on any atom is 0.231 e. The van der Waals surface area contributed by atoms with Crippen molar-refractivity contribution >= 4 is 24.0 Å². The third-order valence-electron chi connectivity index (χ3n) is 3.82. The minimum absolute atomic E-state index is 0. The second-order valence-electron chi connectivity index (χ2n) is 5.18. The number of nitrogens with one attached hydrogen (secondary N) is 1. The topological polar surface area (TPSA) is 73.6 Å². The summed E-state index contributed by atoms with van der Waals surface area (Å²) in [5.74, 6) is 1.72. The number of rotatable bonds is 3. The zero-order valence-electron chi connectivity index (χ0n) is 11.1. The number of fused-ring (bicyclic) bond motifs is 1. The highest BCUT2D eigenvalue weighted by Crippen LogP contribution is 2.34. The fourth-order valence-electron chi connectivity index (χ4n) is 2.74. The van der Waals surface area contributed by atoms with Crippen molar-refractivity contribution in [3.05, 3.63) is 18.2 Å². The summed E-state index contributed by atoms with van der Waals surface area (Å²) in [5, 5.41) is 2.89. The summed E-state index contributed by atoms with van der Waals surface area (Å²) in [6, 6.07) is 5.58. The summed E-state index contributed by atoms with van der Waals surface area (Å²) in [4.78, 5) is 12.0. The van der Waals surface area contributed by atoms with Crippen LogP contribution in [0.2, 0.25) is 0 Å². The molecule has 1 aliphatic heterocycles. The summed E-state index contributed by atoms with van der Waals surface area (Å²) < 4.78 is 10.5. The number of carbonyl (C=O) groups is 1. The summed E-state index contributed by atoms with van der Waals surface area (Å²) >= 11 is 0. The molecule has 3 rings (SSSR count). The van der Waals surface area contributed by atoms with Gasteiger partial charge >= 0.3 is 0 Å². The first-order valence-corrected chi connectivity index (χ1v) is 6.67. The summed E-state index contributed by atoms with van der Waals surface area (Å²) in [5.41, 5.74) is 6.71. The molecule has 0 saturated heterocycles. The van der Waals surface area contributed by atoms with Crippen molar-refractivity contribution in [3.8, 4) is 11.5 Å². The normalized spacial score (nSPS) is 23.2. The number of benzene rings is 1. The number of ether oxygens (including phenoxy) is 2. The molecule has 1 aliphatic carbocycles. The molecule has 0 aromatic heterocycles. The summed E-state index contributed by atoms with van der Waals surface area (Å²) in [6.07, 6.45) is 3.70. The number of carbonyl (C=O) groups excluding carboxylic acids is 1. The van der Waals surface area contributed by atoms with Gasteiger partial charge in [-0.25, -0.2) is 0 Å². The number of halogens is 1. The Balaban J connectivity index is 0.00000147. The van der Waals surface area contributed by atoms with Crippen LogP contribution in [0.5, 0.6) is 11.5 Å². The van der Waals surface area contributed by atoms with Gasteiger partial charge in [-0.15, -0.1) is 12.4 Å². The maximum atomic E-state index is 12.0. The molecule has 0 bridgehead atoms. The lowest BCUT2D eigenvalue weighted by Crippen LogP contribution is -2.28. The average Bonchev–Trinajstić information content (AvgIpc) is 2.98. The van der Waals surface area contributed by atoms with E-state index in [1.165, 1.54) is 0 Å². The highest BCUT2D eigenvalue weighted by molar-refractivity contribution is 5.91. The fourth-order valence-corrected chi connectivity index (χ4v) is 2.74. The van der Waals surface area contributed by atoms with Crippen LogP contribution >= 0.6 is 12.4 Å². The lowest BCUT2D eigenvalue weighted by atomic mass is 10.00. The lowest BCUT2D eigenvalue weighted by Gasteiger charge is -2.14. The Labute approximate surface area is 124 Å². The molecule has 2 atom stereocenters. The van der Waals surface area contributed by atoms with E-state index in [9.17, 15) is 4.79 Å². The average molecular weight is 299 g/mol. The second kappa shape index (κ2) is 6.33. The Morgan fingerprint density at radius 2 is 2.10 bits per heavy atom. The van der Waals surface area contributed by atoms with E-state index < -0.39 is 0 Å². The van der Waals surface area contributed by atoms with Crippen molar-refractivity contribution in [2.24, 2.45) is 11.7 Å². The molecule has 1 fully saturated rings. The lowest BCUT2D eigenvalue weighted by molar-refractivity contribution is -0.117. The molecule has 20 heavy (non-hydrogen) atoms. The standard InChI is InChI=1S/C14H18N2O3.ClH/c15-11-3-1-2-9(11)6-14(17)16-10-4-5-12-13(7-10)19-8-18-12;/h4-5,7,9,11H,1-3,6,8,15H2,(H,16,17);1H/t9-,11+;/m0./s1. The Bertz CT molecular complexity index is 495. The molecule has 2 aliphatic rings. The molecule has 110 valence electrons. The predicted octanol–water partition coefficient (Wildman–Crippen LogP) is 2.29. The molecule has 0 radical (unpaired) electrons. The number of hydrogen-bond acceptors (Lipinski definition) is 4. The van der Waals surface area contributed by atoms with Gasteiger partial charge in [-0.2, -0.15) is 0 Å². The van der Waals surface area contributed by atoms with Crippen LogP contribution in [-0.2, 0) is 4.79 Å². The molecule has 1 aromatic carbocycles. The molecule has 1 aromatic rings. The first kappa shape index (κ1) is 14.9. The largest absolute Gasteiger partial charge is 0.454 e. The van der Waals surface area contributed by atoms with E-state index in [4.69, 9.17) is 15.2 Å². The van der Waals surface area contributed by atoms with Crippen molar-refractivity contribution in [3.63, 3.8) is 0 Å². The van der Waals surface area contributed by atoms with Crippen LogP contribution in [0.1, 0.15) is 25.7 Å². The molecule has 1 amide bonds. The van der Waals surface area contributed by atoms with E-state index in [1.807, 2.05) is 6.07 Å². The van der Waals surface area contributed by atoms with Crippen molar-refractivity contribution in [1.82, 2.24) is 0 Å². The Morgan fingerprint density at radius 3 is 2.85 bits per heavy atom. The smallest absolute Gasteiger partial charge is 0.231 e. The van der Waals surface area contributed by atoms with Crippen molar-refractivity contribution in [1.29, 1.82) is 0 Å². The van der Waals surface area contributed by atoms with Crippen molar-refractivity contribution in [2.75, 3.05) is 12.1 Å². The van der Waals surface area contributed by atoms with Crippen LogP contribution in [0.25, 0.3) is 0 Å². The summed E-state index contributed by atoms with van der Waals surface area (Å²) in [6.45, 7) is 0.240. The third-order valence-corrected chi connectivity index (χ3v) is 3.82. The van der Waals surface area contributed by atoms with E-state index in [0.717, 1.165) is 30.7 Å². The van der Waals surface area contributed by atoms with Gasteiger partial charge in [0.05, 0.1) is 0 Å². The molecule has 5 nitrogen and oxygen atoms in total. The van der Waals surface area contributed by atoms with E-state index in [1.54, 1.807) is 12.1 Å². The number of amides is 1. The van der Waals surface area contributed by atoms with E-state index >= 15 is 0 Å². The first-order chi connectivity index (χ1) is 9.22. The zero-order chi connectivity index (χ0) is 13.2. The maximum absolute atomic E-state index is 12.0. The minimum Gasteiger partial charge on any atom is -0.454 e. The molecule has 1 saturated carbocycles. The highest BCUT2D eigenvalue weighted by Gasteiger charge is 2.26. The molecule has 0 unspecified atom stereocenters. The van der Waals surface area contributed by atoms with Crippen LogP contribution in [0.15, 0.2) is 18.2 Å². The fraction of sp³-hybridized carbons (Fsp3) is 0.500. The SMILES string of the molecule is Cl.N[C@@H]1CCC[C@H]1CC(=O)Nc1ccc2c(c1)OCO2. The van der Waals surface area contributed by atoms with Crippen LogP contribution in [0.3, 0.4) is 0 Å². The van der Waals surface area contributed by atoms with Gasteiger partial charge in [-0.3, -0.25) is 4.79 Å². The first-order valence-electron chi connectivity index (χ1n) is 6.67. The predicted molar refractivity (Wildman–Crippen MR) is 78.4 cm³/mol. The minimum atomic E-state index is 0. The van der Waals surface area contributed by atoms with Gasteiger partial charge in [0.2, 0.25) is 12.7 Å². The van der Waals surface area contributed by atoms with Gasteiger partial charge in [-0.05, 0) is 30.9 Å². The van der Waals surface area contributed by atoms with Gasteiger partial charge in [0.25, 0.3) is 0 Å². The number of nitrogens with two attached hydrogens (primary N) is 1. The van der Waals surface area contributed by atoms with Gasteiger partial charge in [0.1, 0.15) is 0 Å². The Kier molecular flexibility index (Phi) is 4.73. The third kappa shape index (κ3) is 3.16. The van der Waals surface area contributed by atoms with Crippen LogP contribution in [0, 0.1) is 5.92 Å². The molecule has 1 heterocycles. The number of hydrogen-bond donors (Lipinski definition) is 2. The molecular weight excluding hydrogens is 280 g/mol. The van der Waals surface area contributed by atoms with Crippen molar-refractivity contribution < 1.29 is 14.3 Å². The van der Waals surface area contributed by atoms with Crippen molar-refractivity contribution in [2.45, 2.75) is 31.7 Å². The van der Waals surface area contributed by atoms with Crippen LogP contribution < -0.4 is 20.5 Å². The zero-order valence-corrected chi connectivity index (χ0v) is 11.9. The van der Waals surface area contributed by atoms with Gasteiger partial charge in [0, 0.05) is 24.2 Å². The Hall–Kier alpha value is -1.46. The molecule has 6 heteroatoms. The van der Waals surface area contributed by atoms with E-state index in [0.29, 0.717) is 18.1 Å². The highest BCUT2D eigenvalue weighted by atomic mass is 35.5. The van der Waals surface area contributed by atoms with Gasteiger partial charge < -0.3 is 20.5 Å². The van der Waals surface area contributed by atoms with Gasteiger partial charge in [0.15, 0.2) is 11.5 Å².